The first-order chi connectivity index (χ1) is 8.26. The van der Waals surface area contributed by atoms with E-state index in [-0.39, 0.29) is 12.1 Å². The van der Waals surface area contributed by atoms with E-state index in [0.29, 0.717) is 19.6 Å². The number of carbonyl (C=O) groups is 1. The van der Waals surface area contributed by atoms with Gasteiger partial charge in [-0.2, -0.15) is 0 Å². The molecule has 0 aliphatic carbocycles. The first-order valence-electron chi connectivity index (χ1n) is 6.07. The molecular formula is C14H20O3. The lowest BCUT2D eigenvalue weighted by molar-refractivity contribution is -0.146. The van der Waals surface area contributed by atoms with Crippen LogP contribution in [0.1, 0.15) is 32.3 Å². The van der Waals surface area contributed by atoms with E-state index in [1.807, 2.05) is 44.2 Å². The maximum atomic E-state index is 11.3. The average molecular weight is 236 g/mol. The van der Waals surface area contributed by atoms with Crippen molar-refractivity contribution in [3.8, 4) is 0 Å². The molecule has 0 N–H and O–H groups in total. The van der Waals surface area contributed by atoms with Crippen LogP contribution in [-0.2, 0) is 20.9 Å². The third kappa shape index (κ3) is 5.50. The van der Waals surface area contributed by atoms with Gasteiger partial charge in [0.2, 0.25) is 0 Å². The lowest BCUT2D eigenvalue weighted by Crippen LogP contribution is -2.18. The van der Waals surface area contributed by atoms with Gasteiger partial charge in [0.05, 0.1) is 25.7 Å². The monoisotopic (exact) mass is 236 g/mol. The van der Waals surface area contributed by atoms with Crippen LogP contribution in [0.4, 0.5) is 0 Å². The molecule has 94 valence electrons. The van der Waals surface area contributed by atoms with Gasteiger partial charge in [-0.05, 0) is 18.9 Å². The van der Waals surface area contributed by atoms with Crippen LogP contribution >= 0.6 is 0 Å². The summed E-state index contributed by atoms with van der Waals surface area (Å²) in [6, 6.07) is 9.95. The van der Waals surface area contributed by atoms with Gasteiger partial charge >= 0.3 is 5.97 Å². The van der Waals surface area contributed by atoms with E-state index in [2.05, 4.69) is 0 Å². The summed E-state index contributed by atoms with van der Waals surface area (Å²) in [5.41, 5.74) is 1.12. The van der Waals surface area contributed by atoms with Gasteiger partial charge in [-0.3, -0.25) is 4.79 Å². The number of benzene rings is 1. The summed E-state index contributed by atoms with van der Waals surface area (Å²) in [7, 11) is 0. The second-order valence-corrected chi connectivity index (χ2v) is 3.84. The van der Waals surface area contributed by atoms with Crippen LogP contribution in [0, 0.1) is 0 Å². The van der Waals surface area contributed by atoms with Gasteiger partial charge in [0, 0.05) is 0 Å². The predicted molar refractivity (Wildman–Crippen MR) is 66.6 cm³/mol. The minimum atomic E-state index is -0.188. The fourth-order valence-electron chi connectivity index (χ4n) is 1.52. The largest absolute Gasteiger partial charge is 0.466 e. The van der Waals surface area contributed by atoms with E-state index in [1.54, 1.807) is 0 Å². The second kappa shape index (κ2) is 7.85. The molecule has 0 unspecified atom stereocenters. The Morgan fingerprint density at radius 2 is 1.94 bits per heavy atom. The fourth-order valence-corrected chi connectivity index (χ4v) is 1.52. The zero-order valence-corrected chi connectivity index (χ0v) is 10.5. The maximum Gasteiger partial charge on any atom is 0.308 e. The quantitative estimate of drug-likeness (QED) is 0.683. The summed E-state index contributed by atoms with van der Waals surface area (Å²) in [5, 5.41) is 0. The van der Waals surface area contributed by atoms with Gasteiger partial charge in [0.25, 0.3) is 0 Å². The molecule has 3 heteroatoms. The Hall–Kier alpha value is -1.35. The van der Waals surface area contributed by atoms with Crippen molar-refractivity contribution < 1.29 is 14.3 Å². The smallest absolute Gasteiger partial charge is 0.308 e. The van der Waals surface area contributed by atoms with Crippen LogP contribution < -0.4 is 0 Å². The first kappa shape index (κ1) is 13.7. The summed E-state index contributed by atoms with van der Waals surface area (Å²) in [6.07, 6.45) is 1.08. The molecule has 1 aromatic carbocycles. The molecule has 0 heterocycles. The molecule has 0 bridgehead atoms. The molecule has 0 radical (unpaired) electrons. The van der Waals surface area contributed by atoms with Crippen molar-refractivity contribution in [1.29, 1.82) is 0 Å². The molecule has 0 aromatic heterocycles. The minimum Gasteiger partial charge on any atom is -0.466 e. The molecule has 0 saturated heterocycles. The molecule has 0 saturated carbocycles. The highest BCUT2D eigenvalue weighted by Gasteiger charge is 2.13. The van der Waals surface area contributed by atoms with Crippen molar-refractivity contribution >= 4 is 5.97 Å². The number of hydrogen-bond acceptors (Lipinski definition) is 3. The number of carbonyl (C=O) groups excluding carboxylic acids is 1. The molecule has 0 amide bonds. The summed E-state index contributed by atoms with van der Waals surface area (Å²) < 4.78 is 10.6. The summed E-state index contributed by atoms with van der Waals surface area (Å²) in [6.45, 7) is 4.78. The van der Waals surface area contributed by atoms with E-state index in [9.17, 15) is 4.79 Å². The highest BCUT2D eigenvalue weighted by Crippen LogP contribution is 2.09. The van der Waals surface area contributed by atoms with E-state index < -0.39 is 0 Å². The van der Waals surface area contributed by atoms with Crippen molar-refractivity contribution in [2.45, 2.75) is 39.4 Å². The van der Waals surface area contributed by atoms with Crippen LogP contribution in [0.25, 0.3) is 0 Å². The Kier molecular flexibility index (Phi) is 6.33. The number of rotatable bonds is 7. The molecular weight excluding hydrogens is 216 g/mol. The summed E-state index contributed by atoms with van der Waals surface area (Å²) >= 11 is 0. The van der Waals surface area contributed by atoms with Gasteiger partial charge < -0.3 is 9.47 Å². The van der Waals surface area contributed by atoms with E-state index in [1.165, 1.54) is 0 Å². The van der Waals surface area contributed by atoms with Gasteiger partial charge in [0.1, 0.15) is 0 Å². The Morgan fingerprint density at radius 1 is 1.24 bits per heavy atom. The molecule has 1 rings (SSSR count). The molecule has 0 fully saturated rings. The van der Waals surface area contributed by atoms with Crippen molar-refractivity contribution in [2.75, 3.05) is 6.61 Å². The molecule has 3 nitrogen and oxygen atoms in total. The lowest BCUT2D eigenvalue weighted by Gasteiger charge is -2.15. The Bertz CT molecular complexity index is 321. The predicted octanol–water partition coefficient (Wildman–Crippen LogP) is 2.94. The van der Waals surface area contributed by atoms with Gasteiger partial charge in [-0.25, -0.2) is 0 Å². The highest BCUT2D eigenvalue weighted by atomic mass is 16.5. The van der Waals surface area contributed by atoms with Crippen molar-refractivity contribution in [3.05, 3.63) is 35.9 Å². The second-order valence-electron chi connectivity index (χ2n) is 3.84. The van der Waals surface area contributed by atoms with Gasteiger partial charge in [-0.1, -0.05) is 37.3 Å². The number of esters is 1. The normalized spacial score (nSPS) is 12.1. The molecule has 0 spiro atoms. The topological polar surface area (TPSA) is 35.5 Å². The lowest BCUT2D eigenvalue weighted by atomic mass is 10.2. The third-order valence-corrected chi connectivity index (χ3v) is 2.48. The molecule has 0 aliphatic rings. The first-order valence-corrected chi connectivity index (χ1v) is 6.07. The summed E-state index contributed by atoms with van der Waals surface area (Å²) in [4.78, 5) is 11.3. The number of hydrogen-bond donors (Lipinski definition) is 0. The SMILES string of the molecule is CCOC(=O)C[C@H](CC)OCc1ccccc1. The molecule has 0 aliphatic heterocycles. The van der Waals surface area contributed by atoms with Crippen LogP contribution in [0.2, 0.25) is 0 Å². The van der Waals surface area contributed by atoms with E-state index in [4.69, 9.17) is 9.47 Å². The summed E-state index contributed by atoms with van der Waals surface area (Å²) in [5.74, 6) is -0.188. The van der Waals surface area contributed by atoms with Crippen LogP contribution in [0.5, 0.6) is 0 Å². The van der Waals surface area contributed by atoms with E-state index >= 15 is 0 Å². The molecule has 17 heavy (non-hydrogen) atoms. The maximum absolute atomic E-state index is 11.3. The van der Waals surface area contributed by atoms with Gasteiger partial charge in [0.15, 0.2) is 0 Å². The fraction of sp³-hybridized carbons (Fsp3) is 0.500. The van der Waals surface area contributed by atoms with Gasteiger partial charge in [-0.15, -0.1) is 0 Å². The molecule has 1 atom stereocenters. The Balaban J connectivity index is 2.34. The zero-order valence-electron chi connectivity index (χ0n) is 10.5. The minimum absolute atomic E-state index is 0.0609. The van der Waals surface area contributed by atoms with Crippen LogP contribution in [0.3, 0.4) is 0 Å². The van der Waals surface area contributed by atoms with E-state index in [0.717, 1.165) is 12.0 Å². The van der Waals surface area contributed by atoms with Crippen molar-refractivity contribution in [2.24, 2.45) is 0 Å². The average Bonchev–Trinajstić information content (AvgIpc) is 2.36. The van der Waals surface area contributed by atoms with Crippen LogP contribution in [-0.4, -0.2) is 18.7 Å². The number of ether oxygens (including phenoxy) is 2. The van der Waals surface area contributed by atoms with Crippen molar-refractivity contribution in [3.63, 3.8) is 0 Å². The third-order valence-electron chi connectivity index (χ3n) is 2.48. The Morgan fingerprint density at radius 3 is 2.53 bits per heavy atom. The van der Waals surface area contributed by atoms with Crippen LogP contribution in [0.15, 0.2) is 30.3 Å². The molecule has 1 aromatic rings. The Labute approximate surface area is 103 Å². The zero-order chi connectivity index (χ0) is 12.5. The van der Waals surface area contributed by atoms with Crippen molar-refractivity contribution in [1.82, 2.24) is 0 Å². The highest BCUT2D eigenvalue weighted by molar-refractivity contribution is 5.69. The standard InChI is InChI=1S/C14H20O3/c1-3-13(10-14(15)16-4-2)17-11-12-8-6-5-7-9-12/h5-9,13H,3-4,10-11H2,1-2H3/t13-/m0/s1.